The Morgan fingerprint density at radius 1 is 0.835 bits per heavy atom. The maximum Gasteiger partial charge on any atom is 0.204 e. The summed E-state index contributed by atoms with van der Waals surface area (Å²) in [5.41, 5.74) is 25.9. The minimum absolute atomic E-state index is 0.000477. The number of nitrogens with two attached hydrogens (primary N) is 2. The van der Waals surface area contributed by atoms with Crippen LogP contribution >= 0.6 is 0 Å². The molecular weight excluding hydrogens is 1210 g/mol. The summed E-state index contributed by atoms with van der Waals surface area (Å²) < 4.78 is 27.2. The number of aromatic amines is 1. The number of aliphatic hydroxyl groups excluding tert-OH is 2. The molecule has 4 aliphatic carbocycles. The van der Waals surface area contributed by atoms with Crippen molar-refractivity contribution in [2.75, 3.05) is 51.5 Å². The Kier molecular flexibility index (Phi) is 16.1. The summed E-state index contributed by atoms with van der Waals surface area (Å²) in [5.74, 6) is 1.73. The number of piperazine rings is 1. The van der Waals surface area contributed by atoms with Gasteiger partial charge >= 0.3 is 0 Å². The van der Waals surface area contributed by atoms with Crippen LogP contribution in [0.3, 0.4) is 0 Å². The SMILES string of the molecule is COc1c2c(c3oc(-c4ccc(O)cc4)cc(=O)c3c1OCC[C@@H](O)/C=C/c1ccccc1)CCc1cccc(c1)-c1cc(C3(C)CCCC3)[nH]c1N1CCNC[C@@H]1[C@@]1(C[C@@H]3C=Cc4ccc5cc6ccccc6c6c5c4[C@]3(CC6)C1)c1ccc(c(N=C(N)N)c1)C[C@H](CO)CO2. The number of phenols is 1. The first-order valence-electron chi connectivity index (χ1n) is 34.8. The first kappa shape index (κ1) is 62.2. The molecule has 2 saturated carbocycles. The van der Waals surface area contributed by atoms with E-state index in [0.717, 1.165) is 91.8 Å². The second-order valence-corrected chi connectivity index (χ2v) is 28.5. The second-order valence-electron chi connectivity index (χ2n) is 28.5. The third-order valence-corrected chi connectivity index (χ3v) is 22.7. The zero-order valence-electron chi connectivity index (χ0n) is 55.2. The third kappa shape index (κ3) is 11.0. The van der Waals surface area contributed by atoms with Gasteiger partial charge in [0.1, 0.15) is 28.3 Å². The van der Waals surface area contributed by atoms with E-state index in [4.69, 9.17) is 35.1 Å². The molecule has 1 saturated heterocycles. The highest BCUT2D eigenvalue weighted by atomic mass is 16.5. The van der Waals surface area contributed by atoms with Crippen molar-refractivity contribution in [3.63, 3.8) is 0 Å². The Balaban J connectivity index is 0.878. The summed E-state index contributed by atoms with van der Waals surface area (Å²) >= 11 is 0. The smallest absolute Gasteiger partial charge is 0.204 e. The van der Waals surface area contributed by atoms with Gasteiger partial charge in [0, 0.05) is 83.3 Å². The Labute approximate surface area is 565 Å². The fourth-order valence-corrected chi connectivity index (χ4v) is 18.0. The van der Waals surface area contributed by atoms with Crippen molar-refractivity contribution in [1.82, 2.24) is 10.3 Å². The largest absolute Gasteiger partial charge is 0.508 e. The molecule has 7 aliphatic rings. The standard InChI is InChI=1S/C83H84N6O8/c1-81(33-8-9-34-81)70-43-66-55-15-10-13-51(39-55)18-30-65-75-73(68(93)44-69(97-75)53-23-28-61(91)29-24-53)77(95-38-32-62(92)27-17-50-11-4-3-5-12-50)78(94-2)76(65)96-48-52(47-90)40-57-22-25-59(42-67(57)87-80(84)85)83(71-46-86-36-37-89(71)79(66)88-70)45-60-26-21-54-19-20-58-41-56-14-6-7-16-63(56)64-31-35-82(60,49-83)74(54)72(58)64/h3-7,10-17,19-29,39,41-44,52,60,62,71,86,88,90-92H,8-9,18,30-38,40,45-49H2,1-2H3,(H4,84,85,87)/b27-17+/t52-,60+,62+,71-,82-,83-/m1/s1. The predicted molar refractivity (Wildman–Crippen MR) is 388 cm³/mol. The number of phenolic OH excluding ortho intramolecular Hbond substituents is 1. The van der Waals surface area contributed by atoms with Gasteiger partial charge in [-0.2, -0.15) is 0 Å². The highest BCUT2D eigenvalue weighted by Gasteiger charge is 2.62. The molecule has 14 nitrogen and oxygen atoms in total. The molecule has 6 atom stereocenters. The molecule has 494 valence electrons. The molecule has 10 aromatic rings. The fourth-order valence-electron chi connectivity index (χ4n) is 18.0. The number of nitrogens with zero attached hydrogens (tertiary/aromatic N) is 2. The van der Waals surface area contributed by atoms with Crippen LogP contribution in [0.25, 0.3) is 67.1 Å². The van der Waals surface area contributed by atoms with E-state index in [9.17, 15) is 15.3 Å². The lowest BCUT2D eigenvalue weighted by atomic mass is 9.59. The van der Waals surface area contributed by atoms with Crippen LogP contribution in [-0.2, 0) is 41.9 Å². The van der Waals surface area contributed by atoms with Crippen LogP contribution in [0.15, 0.2) is 178 Å². The van der Waals surface area contributed by atoms with Crippen LogP contribution in [0.4, 0.5) is 11.5 Å². The molecule has 2 aromatic heterocycles. The fraction of sp³-hybridized carbons (Fsp3) is 0.325. The number of aromatic nitrogens is 1. The summed E-state index contributed by atoms with van der Waals surface area (Å²) in [7, 11) is 1.53. The minimum Gasteiger partial charge on any atom is -0.508 e. The van der Waals surface area contributed by atoms with Gasteiger partial charge in [-0.1, -0.05) is 147 Å². The third-order valence-electron chi connectivity index (χ3n) is 22.7. The maximum atomic E-state index is 15.1. The van der Waals surface area contributed by atoms with E-state index < -0.39 is 17.4 Å². The molecule has 3 aliphatic heterocycles. The quantitative estimate of drug-likeness (QED) is 0.0366. The van der Waals surface area contributed by atoms with E-state index in [0.29, 0.717) is 41.8 Å². The van der Waals surface area contributed by atoms with Gasteiger partial charge in [0.25, 0.3) is 0 Å². The van der Waals surface area contributed by atoms with Crippen LogP contribution in [0.1, 0.15) is 108 Å². The van der Waals surface area contributed by atoms with Gasteiger partial charge in [-0.15, -0.1) is 0 Å². The maximum absolute atomic E-state index is 15.1. The van der Waals surface area contributed by atoms with Gasteiger partial charge in [0.15, 0.2) is 22.9 Å². The number of methoxy groups -OCH3 is 1. The van der Waals surface area contributed by atoms with Crippen LogP contribution < -0.4 is 41.3 Å². The van der Waals surface area contributed by atoms with E-state index in [1.54, 1.807) is 30.3 Å². The number of ether oxygens (including phenoxy) is 3. The van der Waals surface area contributed by atoms with Gasteiger partial charge < -0.3 is 60.6 Å². The van der Waals surface area contributed by atoms with Crippen LogP contribution in [-0.4, -0.2) is 85.0 Å². The molecule has 17 rings (SSSR count). The summed E-state index contributed by atoms with van der Waals surface area (Å²) in [5, 5.41) is 42.8. The van der Waals surface area contributed by atoms with E-state index in [2.05, 4.69) is 125 Å². The highest BCUT2D eigenvalue weighted by Crippen LogP contribution is 2.66. The monoisotopic (exact) mass is 1290 g/mol. The number of benzene rings is 8. The number of fused-ring (bicyclic) bond motifs is 9. The van der Waals surface area contributed by atoms with Gasteiger partial charge in [-0.3, -0.25) is 4.79 Å². The lowest BCUT2D eigenvalue weighted by molar-refractivity contribution is 0.157. The second kappa shape index (κ2) is 25.1. The number of nitrogens with one attached hydrogen (secondary N) is 2. The predicted octanol–water partition coefficient (Wildman–Crippen LogP) is 14.4. The summed E-state index contributed by atoms with van der Waals surface area (Å²) in [6, 6.07) is 51.9. The van der Waals surface area contributed by atoms with Gasteiger partial charge in [0.2, 0.25) is 5.75 Å². The minimum atomic E-state index is -0.879. The van der Waals surface area contributed by atoms with Crippen LogP contribution in [0.2, 0.25) is 0 Å². The van der Waals surface area contributed by atoms with E-state index >= 15 is 4.79 Å². The normalized spacial score (nSPS) is 22.1. The number of hydrogen-bond donors (Lipinski definition) is 7. The molecule has 0 unspecified atom stereocenters. The molecular formula is C83H84N6O8. The number of aliphatic imine (C=N–C) groups is 1. The lowest BCUT2D eigenvalue weighted by Crippen LogP contribution is -2.61. The lowest BCUT2D eigenvalue weighted by Gasteiger charge is -2.50. The van der Waals surface area contributed by atoms with Crippen molar-refractivity contribution in [2.24, 2.45) is 28.3 Å². The molecule has 3 fully saturated rings. The summed E-state index contributed by atoms with van der Waals surface area (Å²) in [6.45, 7) is 4.51. The number of allylic oxidation sites excluding steroid dienone is 1. The van der Waals surface area contributed by atoms with E-state index in [1.807, 2.05) is 36.4 Å². The first-order chi connectivity index (χ1) is 47.3. The molecule has 0 radical (unpaired) electrons. The molecule has 97 heavy (non-hydrogen) atoms. The van der Waals surface area contributed by atoms with E-state index in [-0.39, 0.29) is 94.4 Å². The molecule has 8 aromatic carbocycles. The number of guanidine groups is 1. The number of aryl methyl sites for hydroxylation is 3. The number of H-pyrrole nitrogens is 1. The Bertz CT molecular complexity index is 4850. The van der Waals surface area contributed by atoms with Crippen molar-refractivity contribution in [2.45, 2.75) is 112 Å². The summed E-state index contributed by atoms with van der Waals surface area (Å²) in [6.07, 6.45) is 17.4. The topological polar surface area (TPSA) is 214 Å². The molecule has 0 amide bonds. The van der Waals surface area contributed by atoms with Gasteiger partial charge in [0.05, 0.1) is 38.2 Å². The van der Waals surface area contributed by atoms with Crippen LogP contribution in [0.5, 0.6) is 23.0 Å². The molecule has 14 heteroatoms. The first-order valence-corrected chi connectivity index (χ1v) is 34.8. The van der Waals surface area contributed by atoms with Crippen molar-refractivity contribution in [3.8, 4) is 45.4 Å². The van der Waals surface area contributed by atoms with Crippen molar-refractivity contribution >= 4 is 62.1 Å². The van der Waals surface area contributed by atoms with Gasteiger partial charge in [-0.25, -0.2) is 4.99 Å². The number of anilines is 1. The van der Waals surface area contributed by atoms with Crippen molar-refractivity contribution < 1.29 is 33.9 Å². The van der Waals surface area contributed by atoms with Crippen LogP contribution in [0, 0.1) is 11.8 Å². The molecule has 2 spiro atoms. The van der Waals surface area contributed by atoms with Gasteiger partial charge in [-0.05, 0) is 172 Å². The number of rotatable bonds is 11. The van der Waals surface area contributed by atoms with E-state index in [1.165, 1.54) is 75.5 Å². The average molecular weight is 1290 g/mol. The zero-order chi connectivity index (χ0) is 66.2. The average Bonchev–Trinajstić information content (AvgIpc) is 1.59. The Hall–Kier alpha value is -9.60. The Morgan fingerprint density at radius 2 is 1.67 bits per heavy atom. The molecule has 5 heterocycles. The van der Waals surface area contributed by atoms with Crippen molar-refractivity contribution in [1.29, 1.82) is 0 Å². The highest BCUT2D eigenvalue weighted by molar-refractivity contribution is 6.06. The Morgan fingerprint density at radius 3 is 2.49 bits per heavy atom. The number of aliphatic hydroxyl groups is 2. The van der Waals surface area contributed by atoms with Crippen molar-refractivity contribution in [3.05, 3.63) is 224 Å². The molecule has 4 bridgehead atoms. The zero-order valence-corrected chi connectivity index (χ0v) is 55.2. The number of aromatic hydroxyl groups is 1. The number of hydrogen-bond acceptors (Lipinski definition) is 11. The molecule has 9 N–H and O–H groups in total. The summed E-state index contributed by atoms with van der Waals surface area (Å²) in [4.78, 5) is 27.1.